The van der Waals surface area contributed by atoms with Crippen LogP contribution in [0.15, 0.2) is 54.6 Å². The third-order valence-corrected chi connectivity index (χ3v) is 7.33. The van der Waals surface area contributed by atoms with Crippen LogP contribution in [0.2, 0.25) is 0 Å². The molecule has 1 saturated carbocycles. The molecule has 2 bridgehead atoms. The number of hydrogen-bond donors (Lipinski definition) is 2. The van der Waals surface area contributed by atoms with E-state index in [1.165, 1.54) is 24.0 Å². The Bertz CT molecular complexity index is 844. The normalized spacial score (nSPS) is 32.9. The van der Waals surface area contributed by atoms with E-state index in [9.17, 15) is 4.79 Å². The van der Waals surface area contributed by atoms with Crippen LogP contribution in [-0.2, 0) is 4.79 Å². The van der Waals surface area contributed by atoms with E-state index in [2.05, 4.69) is 52.7 Å². The van der Waals surface area contributed by atoms with Crippen LogP contribution in [0, 0.1) is 5.92 Å². The quantitative estimate of drug-likeness (QED) is 0.807. The van der Waals surface area contributed by atoms with Crippen LogP contribution in [0.1, 0.15) is 48.6 Å². The van der Waals surface area contributed by atoms with Gasteiger partial charge in [0.25, 0.3) is 0 Å². The number of nitrogen functional groups attached to an aromatic ring is 1. The van der Waals surface area contributed by atoms with Gasteiger partial charge in [-0.15, -0.1) is 0 Å². The van der Waals surface area contributed by atoms with Crippen molar-refractivity contribution in [3.05, 3.63) is 65.7 Å². The van der Waals surface area contributed by atoms with Gasteiger partial charge in [0.15, 0.2) is 0 Å². The number of benzene rings is 2. The third-order valence-electron chi connectivity index (χ3n) is 7.33. The average molecular weight is 376 g/mol. The monoisotopic (exact) mass is 375 g/mol. The van der Waals surface area contributed by atoms with E-state index >= 15 is 0 Å². The Hall–Kier alpha value is -2.33. The molecule has 4 aliphatic rings. The molecule has 2 aromatic carbocycles. The van der Waals surface area contributed by atoms with Gasteiger partial charge in [-0.1, -0.05) is 42.5 Å². The number of amides is 1. The van der Waals surface area contributed by atoms with Crippen molar-refractivity contribution >= 4 is 11.6 Å². The highest BCUT2D eigenvalue weighted by atomic mass is 16.2. The number of rotatable bonds is 3. The summed E-state index contributed by atoms with van der Waals surface area (Å²) in [4.78, 5) is 16.0. The molecule has 0 radical (unpaired) electrons. The van der Waals surface area contributed by atoms with E-state index < -0.39 is 0 Å². The summed E-state index contributed by atoms with van der Waals surface area (Å²) in [5.74, 6) is 0.668. The number of hydrogen-bond acceptors (Lipinski definition) is 3. The maximum Gasteiger partial charge on any atom is 0.224 e. The molecule has 0 aromatic heterocycles. The van der Waals surface area contributed by atoms with Crippen molar-refractivity contribution in [2.24, 2.45) is 5.92 Å². The van der Waals surface area contributed by atoms with Crippen LogP contribution >= 0.6 is 0 Å². The molecule has 3 aliphatic heterocycles. The first-order chi connectivity index (χ1) is 13.7. The predicted octanol–water partition coefficient (Wildman–Crippen LogP) is 3.51. The molecule has 4 unspecified atom stereocenters. The van der Waals surface area contributed by atoms with E-state index in [0.29, 0.717) is 0 Å². The Morgan fingerprint density at radius 3 is 2.14 bits per heavy atom. The number of nitrogens with zero attached hydrogens (tertiary/aromatic N) is 1. The summed E-state index contributed by atoms with van der Waals surface area (Å²) in [5.41, 5.74) is 9.32. The van der Waals surface area contributed by atoms with E-state index in [1.807, 2.05) is 12.1 Å². The van der Waals surface area contributed by atoms with Gasteiger partial charge in [0, 0.05) is 17.8 Å². The number of carbonyl (C=O) groups is 1. The highest BCUT2D eigenvalue weighted by molar-refractivity contribution is 5.82. The molecule has 3 heterocycles. The molecule has 146 valence electrons. The van der Waals surface area contributed by atoms with Crippen LogP contribution in [0.25, 0.3) is 0 Å². The minimum absolute atomic E-state index is 0.0238. The van der Waals surface area contributed by atoms with Gasteiger partial charge in [0.05, 0.1) is 5.92 Å². The Labute approximate surface area is 167 Å². The van der Waals surface area contributed by atoms with Gasteiger partial charge < -0.3 is 11.1 Å². The first-order valence-electron chi connectivity index (χ1n) is 10.6. The van der Waals surface area contributed by atoms with Crippen molar-refractivity contribution in [2.75, 3.05) is 25.4 Å². The summed E-state index contributed by atoms with van der Waals surface area (Å²) in [5, 5.41) is 3.33. The van der Waals surface area contributed by atoms with Crippen molar-refractivity contribution in [3.8, 4) is 0 Å². The minimum Gasteiger partial charge on any atom is -0.399 e. The average Bonchev–Trinajstić information content (AvgIpc) is 3.19. The molecule has 1 amide bonds. The molecule has 6 rings (SSSR count). The number of nitrogens with two attached hydrogens (primary N) is 1. The number of fused-ring (bicyclic) bond motifs is 4. The second-order valence-corrected chi connectivity index (χ2v) is 8.86. The number of likely N-dealkylation sites (tertiary alicyclic amines) is 1. The highest BCUT2D eigenvalue weighted by Gasteiger charge is 2.54. The smallest absolute Gasteiger partial charge is 0.224 e. The van der Waals surface area contributed by atoms with Gasteiger partial charge in [-0.25, -0.2) is 0 Å². The zero-order chi connectivity index (χ0) is 19.1. The summed E-state index contributed by atoms with van der Waals surface area (Å²) < 4.78 is 0. The molecule has 1 aliphatic carbocycles. The molecular formula is C24H29N3O. The maximum atomic E-state index is 13.3. The summed E-state index contributed by atoms with van der Waals surface area (Å²) in [6.07, 6.45) is 4.64. The molecule has 3 saturated heterocycles. The summed E-state index contributed by atoms with van der Waals surface area (Å²) in [6, 6.07) is 18.9. The largest absolute Gasteiger partial charge is 0.399 e. The number of carbonyl (C=O) groups excluding carboxylic acids is 1. The molecule has 4 atom stereocenters. The van der Waals surface area contributed by atoms with Gasteiger partial charge in [0.1, 0.15) is 0 Å². The Morgan fingerprint density at radius 2 is 1.50 bits per heavy atom. The fourth-order valence-corrected chi connectivity index (χ4v) is 5.97. The molecule has 2 aromatic rings. The lowest BCUT2D eigenvalue weighted by Gasteiger charge is -2.49. The van der Waals surface area contributed by atoms with Crippen LogP contribution in [0.3, 0.4) is 0 Å². The zero-order valence-corrected chi connectivity index (χ0v) is 16.3. The molecule has 0 spiro atoms. The molecule has 3 N–H and O–H groups in total. The Balaban J connectivity index is 1.62. The lowest BCUT2D eigenvalue weighted by molar-refractivity contribution is -0.125. The highest BCUT2D eigenvalue weighted by Crippen LogP contribution is 2.54. The fraction of sp³-hybridized carbons (Fsp3) is 0.458. The molecule has 4 nitrogen and oxygen atoms in total. The van der Waals surface area contributed by atoms with Gasteiger partial charge in [0.2, 0.25) is 5.91 Å². The van der Waals surface area contributed by atoms with E-state index in [0.717, 1.165) is 38.2 Å². The molecular weight excluding hydrogens is 346 g/mol. The van der Waals surface area contributed by atoms with Crippen LogP contribution < -0.4 is 11.1 Å². The van der Waals surface area contributed by atoms with Crippen molar-refractivity contribution in [2.45, 2.75) is 43.1 Å². The Morgan fingerprint density at radius 1 is 0.893 bits per heavy atom. The molecule has 28 heavy (non-hydrogen) atoms. The molecule has 4 heteroatoms. The van der Waals surface area contributed by atoms with E-state index in [-0.39, 0.29) is 29.2 Å². The second kappa shape index (κ2) is 6.93. The van der Waals surface area contributed by atoms with Crippen LogP contribution in [0.4, 0.5) is 5.69 Å². The topological polar surface area (TPSA) is 58.4 Å². The zero-order valence-electron chi connectivity index (χ0n) is 16.3. The number of nitrogens with one attached hydrogen (secondary N) is 1. The number of anilines is 1. The van der Waals surface area contributed by atoms with Crippen LogP contribution in [-0.4, -0.2) is 36.0 Å². The van der Waals surface area contributed by atoms with Crippen molar-refractivity contribution in [3.63, 3.8) is 0 Å². The van der Waals surface area contributed by atoms with Crippen LogP contribution in [0.5, 0.6) is 0 Å². The SMILES string of the molecule is Nc1ccc(C2CC3(N4CCCC4)CNC(=O)C2C(c2ccccc2)C3)cc1. The van der Waals surface area contributed by atoms with Gasteiger partial charge in [-0.05, 0) is 73.9 Å². The van der Waals surface area contributed by atoms with Crippen molar-refractivity contribution < 1.29 is 4.79 Å². The van der Waals surface area contributed by atoms with Gasteiger partial charge >= 0.3 is 0 Å². The minimum atomic E-state index is -0.0238. The van der Waals surface area contributed by atoms with E-state index in [1.54, 1.807) is 0 Å². The van der Waals surface area contributed by atoms with E-state index in [4.69, 9.17) is 5.73 Å². The maximum absolute atomic E-state index is 13.3. The fourth-order valence-electron chi connectivity index (χ4n) is 5.97. The summed E-state index contributed by atoms with van der Waals surface area (Å²) in [7, 11) is 0. The summed E-state index contributed by atoms with van der Waals surface area (Å²) in [6.45, 7) is 3.07. The first kappa shape index (κ1) is 17.7. The molecule has 4 fully saturated rings. The lowest BCUT2D eigenvalue weighted by atomic mass is 9.61. The first-order valence-corrected chi connectivity index (χ1v) is 10.6. The predicted molar refractivity (Wildman–Crippen MR) is 112 cm³/mol. The van der Waals surface area contributed by atoms with Gasteiger partial charge in [-0.2, -0.15) is 0 Å². The Kier molecular flexibility index (Phi) is 4.39. The van der Waals surface area contributed by atoms with Crippen molar-refractivity contribution in [1.82, 2.24) is 10.2 Å². The second-order valence-electron chi connectivity index (χ2n) is 8.86. The van der Waals surface area contributed by atoms with Gasteiger partial charge in [-0.3, -0.25) is 9.69 Å². The third kappa shape index (κ3) is 2.91. The van der Waals surface area contributed by atoms with Crippen molar-refractivity contribution in [1.29, 1.82) is 0 Å². The lowest BCUT2D eigenvalue weighted by Crippen LogP contribution is -2.55. The standard InChI is InChI=1S/C24H29N3O/c25-19-10-8-18(9-11-19)21-15-24(27-12-4-5-13-27)14-20(17-6-2-1-3-7-17)22(21)23(28)26-16-24/h1-3,6-11,20-22H,4-5,12-16,25H2,(H,26,28). The summed E-state index contributed by atoms with van der Waals surface area (Å²) >= 11 is 0.